The van der Waals surface area contributed by atoms with E-state index in [1.807, 2.05) is 31.2 Å². The molecule has 2 aromatic rings. The summed E-state index contributed by atoms with van der Waals surface area (Å²) in [5.41, 5.74) is 3.03. The summed E-state index contributed by atoms with van der Waals surface area (Å²) in [7, 11) is 0. The number of rotatable bonds is 3. The highest BCUT2D eigenvalue weighted by molar-refractivity contribution is 6.31. The minimum absolute atomic E-state index is 0.186. The molecule has 3 rings (SSSR count). The Hall–Kier alpha value is -1.54. The van der Waals surface area contributed by atoms with Crippen LogP contribution in [0.5, 0.6) is 0 Å². The van der Waals surface area contributed by atoms with Crippen LogP contribution >= 0.6 is 11.6 Å². The molecule has 0 bridgehead atoms. The minimum atomic E-state index is -0.186. The Morgan fingerprint density at radius 1 is 1.15 bits per heavy atom. The molecular formula is C17H17ClFN. The van der Waals surface area contributed by atoms with Crippen LogP contribution in [0.2, 0.25) is 5.02 Å². The first kappa shape index (κ1) is 13.4. The van der Waals surface area contributed by atoms with Gasteiger partial charge in [0, 0.05) is 16.8 Å². The summed E-state index contributed by atoms with van der Waals surface area (Å²) in [4.78, 5) is 0. The van der Waals surface area contributed by atoms with E-state index in [0.717, 1.165) is 29.1 Å². The van der Waals surface area contributed by atoms with E-state index in [4.69, 9.17) is 11.6 Å². The molecule has 1 nitrogen and oxygen atoms in total. The molecule has 20 heavy (non-hydrogen) atoms. The van der Waals surface area contributed by atoms with Crippen molar-refractivity contribution in [1.29, 1.82) is 0 Å². The second kappa shape index (κ2) is 5.45. The van der Waals surface area contributed by atoms with Crippen molar-refractivity contribution in [2.45, 2.75) is 31.7 Å². The smallest absolute Gasteiger partial charge is 0.125 e. The highest BCUT2D eigenvalue weighted by Crippen LogP contribution is 2.41. The fourth-order valence-electron chi connectivity index (χ4n) is 2.85. The predicted octanol–water partition coefficient (Wildman–Crippen LogP) is 5.15. The van der Waals surface area contributed by atoms with Crippen LogP contribution in [0.1, 0.15) is 29.9 Å². The third-order valence-corrected chi connectivity index (χ3v) is 4.24. The van der Waals surface area contributed by atoms with Gasteiger partial charge < -0.3 is 5.32 Å². The van der Waals surface area contributed by atoms with Crippen molar-refractivity contribution >= 4 is 17.3 Å². The van der Waals surface area contributed by atoms with Gasteiger partial charge in [0.25, 0.3) is 0 Å². The Labute approximate surface area is 123 Å². The van der Waals surface area contributed by atoms with Gasteiger partial charge in [-0.15, -0.1) is 0 Å². The van der Waals surface area contributed by atoms with Crippen molar-refractivity contribution in [2.75, 3.05) is 5.32 Å². The maximum Gasteiger partial charge on any atom is 0.125 e. The van der Waals surface area contributed by atoms with Gasteiger partial charge in [-0.1, -0.05) is 29.8 Å². The summed E-state index contributed by atoms with van der Waals surface area (Å²) in [6, 6.07) is 13.5. The topological polar surface area (TPSA) is 12.0 Å². The molecule has 2 aromatic carbocycles. The van der Waals surface area contributed by atoms with E-state index in [0.29, 0.717) is 12.0 Å². The van der Waals surface area contributed by atoms with Crippen molar-refractivity contribution in [3.05, 3.63) is 64.4 Å². The molecule has 0 amide bonds. The number of nitrogens with one attached hydrogen (secondary N) is 1. The Kier molecular flexibility index (Phi) is 3.66. The summed E-state index contributed by atoms with van der Waals surface area (Å²) in [6.07, 6.45) is 2.08. The molecule has 0 unspecified atom stereocenters. The lowest BCUT2D eigenvalue weighted by molar-refractivity contribution is 0.374. The molecule has 1 fully saturated rings. The molecule has 0 aliphatic heterocycles. The van der Waals surface area contributed by atoms with Crippen molar-refractivity contribution in [1.82, 2.24) is 0 Å². The average molecular weight is 290 g/mol. The van der Waals surface area contributed by atoms with E-state index < -0.39 is 0 Å². The van der Waals surface area contributed by atoms with E-state index in [9.17, 15) is 4.39 Å². The van der Waals surface area contributed by atoms with Gasteiger partial charge >= 0.3 is 0 Å². The van der Waals surface area contributed by atoms with Gasteiger partial charge in [-0.3, -0.25) is 0 Å². The van der Waals surface area contributed by atoms with Crippen molar-refractivity contribution in [3.63, 3.8) is 0 Å². The van der Waals surface area contributed by atoms with Gasteiger partial charge in [-0.2, -0.15) is 0 Å². The molecule has 0 aromatic heterocycles. The highest BCUT2D eigenvalue weighted by Gasteiger charge is 2.31. The number of hydrogen-bond acceptors (Lipinski definition) is 1. The van der Waals surface area contributed by atoms with E-state index in [1.165, 1.54) is 5.56 Å². The summed E-state index contributed by atoms with van der Waals surface area (Å²) in [6.45, 7) is 1.90. The molecule has 0 atom stereocenters. The lowest BCUT2D eigenvalue weighted by Crippen LogP contribution is -2.34. The molecule has 3 heteroatoms. The standard InChI is InChI=1S/C17H17ClFN/c1-11-6-13(19)10-14(7-11)20-15-8-12(9-15)16-4-2-3-5-17(16)18/h2-7,10,12,15,20H,8-9H2,1H3. The second-order valence-electron chi connectivity index (χ2n) is 5.55. The largest absolute Gasteiger partial charge is 0.382 e. The molecule has 104 valence electrons. The van der Waals surface area contributed by atoms with E-state index >= 15 is 0 Å². The van der Waals surface area contributed by atoms with Crippen LogP contribution in [0.4, 0.5) is 10.1 Å². The normalized spacial score (nSPS) is 21.4. The molecule has 0 radical (unpaired) electrons. The number of anilines is 1. The number of aryl methyl sites for hydroxylation is 1. The Bertz CT molecular complexity index is 600. The first-order valence-electron chi connectivity index (χ1n) is 6.90. The summed E-state index contributed by atoms with van der Waals surface area (Å²) < 4.78 is 13.3. The van der Waals surface area contributed by atoms with Crippen LogP contribution in [0.25, 0.3) is 0 Å². The van der Waals surface area contributed by atoms with Crippen LogP contribution in [0.3, 0.4) is 0 Å². The lowest BCUT2D eigenvalue weighted by Gasteiger charge is -2.37. The lowest BCUT2D eigenvalue weighted by atomic mass is 9.76. The molecule has 0 saturated heterocycles. The molecule has 1 aliphatic rings. The summed E-state index contributed by atoms with van der Waals surface area (Å²) in [5.74, 6) is 0.324. The number of benzene rings is 2. The molecule has 0 heterocycles. The molecule has 1 saturated carbocycles. The van der Waals surface area contributed by atoms with E-state index in [-0.39, 0.29) is 5.82 Å². The number of halogens is 2. The van der Waals surface area contributed by atoms with Crippen molar-refractivity contribution < 1.29 is 4.39 Å². The van der Waals surface area contributed by atoms with Gasteiger partial charge in [-0.25, -0.2) is 4.39 Å². The van der Waals surface area contributed by atoms with Gasteiger partial charge in [0.1, 0.15) is 5.82 Å². The first-order chi connectivity index (χ1) is 9.61. The van der Waals surface area contributed by atoms with E-state index in [1.54, 1.807) is 12.1 Å². The quantitative estimate of drug-likeness (QED) is 0.824. The SMILES string of the molecule is Cc1cc(F)cc(NC2CC(c3ccccc3Cl)C2)c1. The predicted molar refractivity (Wildman–Crippen MR) is 82.0 cm³/mol. The zero-order valence-electron chi connectivity index (χ0n) is 11.4. The van der Waals surface area contributed by atoms with Crippen molar-refractivity contribution in [3.8, 4) is 0 Å². The minimum Gasteiger partial charge on any atom is -0.382 e. The molecule has 0 spiro atoms. The maximum absolute atomic E-state index is 13.3. The number of hydrogen-bond donors (Lipinski definition) is 1. The van der Waals surface area contributed by atoms with Gasteiger partial charge in [0.2, 0.25) is 0 Å². The zero-order valence-corrected chi connectivity index (χ0v) is 12.1. The highest BCUT2D eigenvalue weighted by atomic mass is 35.5. The summed E-state index contributed by atoms with van der Waals surface area (Å²) in [5, 5.41) is 4.24. The fourth-order valence-corrected chi connectivity index (χ4v) is 3.14. The molecule has 1 aliphatic carbocycles. The van der Waals surface area contributed by atoms with Gasteiger partial charge in [0.05, 0.1) is 0 Å². The van der Waals surface area contributed by atoms with Crippen LogP contribution in [-0.2, 0) is 0 Å². The van der Waals surface area contributed by atoms with Crippen LogP contribution in [0.15, 0.2) is 42.5 Å². The first-order valence-corrected chi connectivity index (χ1v) is 7.28. The third-order valence-electron chi connectivity index (χ3n) is 3.90. The third kappa shape index (κ3) is 2.80. The Morgan fingerprint density at radius 3 is 2.60 bits per heavy atom. The fraction of sp³-hybridized carbons (Fsp3) is 0.294. The zero-order chi connectivity index (χ0) is 14.1. The van der Waals surface area contributed by atoms with Gasteiger partial charge in [-0.05, 0) is 61.1 Å². The molecular weight excluding hydrogens is 273 g/mol. The second-order valence-corrected chi connectivity index (χ2v) is 5.96. The van der Waals surface area contributed by atoms with Crippen molar-refractivity contribution in [2.24, 2.45) is 0 Å². The maximum atomic E-state index is 13.3. The van der Waals surface area contributed by atoms with Crippen LogP contribution in [-0.4, -0.2) is 6.04 Å². The Morgan fingerprint density at radius 2 is 1.90 bits per heavy atom. The average Bonchev–Trinajstić information content (AvgIpc) is 2.33. The monoisotopic (exact) mass is 289 g/mol. The van der Waals surface area contributed by atoms with E-state index in [2.05, 4.69) is 11.4 Å². The molecule has 1 N–H and O–H groups in total. The Balaban J connectivity index is 1.62. The van der Waals surface area contributed by atoms with Gasteiger partial charge in [0.15, 0.2) is 0 Å². The summed E-state index contributed by atoms with van der Waals surface area (Å²) >= 11 is 6.21. The van der Waals surface area contributed by atoms with Crippen LogP contribution < -0.4 is 5.32 Å². The van der Waals surface area contributed by atoms with Crippen LogP contribution in [0, 0.1) is 12.7 Å².